The average molecular weight is 201 g/mol. The summed E-state index contributed by atoms with van der Waals surface area (Å²) < 4.78 is 0. The van der Waals surface area contributed by atoms with Gasteiger partial charge in [-0.15, -0.1) is 0 Å². The predicted octanol–water partition coefficient (Wildman–Crippen LogP) is 2.09. The zero-order chi connectivity index (χ0) is 10.7. The minimum Gasteiger partial charge on any atom is -0.382 e. The van der Waals surface area contributed by atoms with E-state index >= 15 is 0 Å². The van der Waals surface area contributed by atoms with Gasteiger partial charge in [0.25, 0.3) is 0 Å². The number of aryl methyl sites for hydroxylation is 3. The highest BCUT2D eigenvalue weighted by atomic mass is 15.1. The monoisotopic (exact) mass is 201 g/mol. The number of nitrogen functional groups attached to an aromatic ring is 1. The molecule has 0 atom stereocenters. The van der Waals surface area contributed by atoms with E-state index in [0.29, 0.717) is 5.82 Å². The Kier molecular flexibility index (Phi) is 2.72. The van der Waals surface area contributed by atoms with Crippen molar-refractivity contribution in [2.45, 2.75) is 19.8 Å². The highest BCUT2D eigenvalue weighted by Crippen LogP contribution is 2.08. The van der Waals surface area contributed by atoms with Crippen LogP contribution in [0.2, 0.25) is 0 Å². The fraction of sp³-hybridized carbons (Fsp3) is 0.250. The number of aromatic amines is 1. The number of benzene rings is 1. The molecule has 3 heteroatoms. The van der Waals surface area contributed by atoms with Gasteiger partial charge in [0.2, 0.25) is 0 Å². The fourth-order valence-corrected chi connectivity index (χ4v) is 1.54. The first kappa shape index (κ1) is 9.77. The summed E-state index contributed by atoms with van der Waals surface area (Å²) >= 11 is 0. The molecule has 0 spiro atoms. The molecule has 0 amide bonds. The van der Waals surface area contributed by atoms with Crippen molar-refractivity contribution >= 4 is 5.82 Å². The van der Waals surface area contributed by atoms with Crippen molar-refractivity contribution in [1.82, 2.24) is 10.2 Å². The van der Waals surface area contributed by atoms with Gasteiger partial charge in [-0.3, -0.25) is 5.10 Å². The van der Waals surface area contributed by atoms with Gasteiger partial charge in [-0.2, -0.15) is 5.10 Å². The second kappa shape index (κ2) is 4.17. The number of nitrogens with zero attached hydrogens (tertiary/aromatic N) is 1. The molecule has 1 heterocycles. The molecule has 1 aromatic heterocycles. The normalized spacial score (nSPS) is 10.5. The molecule has 3 N–H and O–H groups in total. The highest BCUT2D eigenvalue weighted by molar-refractivity contribution is 5.29. The van der Waals surface area contributed by atoms with Crippen molar-refractivity contribution in [2.75, 3.05) is 5.73 Å². The smallest absolute Gasteiger partial charge is 0.145 e. The maximum Gasteiger partial charge on any atom is 0.145 e. The van der Waals surface area contributed by atoms with E-state index in [1.807, 2.05) is 6.07 Å². The Bertz CT molecular complexity index is 428. The number of hydrogen-bond donors (Lipinski definition) is 2. The summed E-state index contributed by atoms with van der Waals surface area (Å²) in [4.78, 5) is 0. The summed E-state index contributed by atoms with van der Waals surface area (Å²) in [7, 11) is 0. The maximum absolute atomic E-state index is 5.53. The molecule has 1 aromatic carbocycles. The molecule has 2 rings (SSSR count). The molecule has 0 fully saturated rings. The van der Waals surface area contributed by atoms with Crippen LogP contribution >= 0.6 is 0 Å². The minimum atomic E-state index is 0.564. The van der Waals surface area contributed by atoms with Crippen LogP contribution < -0.4 is 5.73 Å². The molecule has 2 aromatic rings. The van der Waals surface area contributed by atoms with Crippen LogP contribution in [0.1, 0.15) is 16.8 Å². The molecule has 0 aliphatic rings. The number of nitrogens with two attached hydrogens (primary N) is 1. The van der Waals surface area contributed by atoms with Crippen LogP contribution in [0.4, 0.5) is 5.82 Å². The summed E-state index contributed by atoms with van der Waals surface area (Å²) in [6.07, 6.45) is 1.97. The predicted molar refractivity (Wildman–Crippen MR) is 61.6 cm³/mol. The Hall–Kier alpha value is -1.77. The van der Waals surface area contributed by atoms with E-state index in [1.165, 1.54) is 11.1 Å². The van der Waals surface area contributed by atoms with Gasteiger partial charge in [-0.05, 0) is 25.3 Å². The lowest BCUT2D eigenvalue weighted by atomic mass is 10.1. The third-order valence-electron chi connectivity index (χ3n) is 2.45. The molecule has 0 bridgehead atoms. The lowest BCUT2D eigenvalue weighted by Gasteiger charge is -2.00. The first-order valence-electron chi connectivity index (χ1n) is 5.09. The molecule has 0 radical (unpaired) electrons. The van der Waals surface area contributed by atoms with Gasteiger partial charge in [0.15, 0.2) is 0 Å². The Morgan fingerprint density at radius 2 is 1.93 bits per heavy atom. The van der Waals surface area contributed by atoms with Gasteiger partial charge in [0.1, 0.15) is 5.82 Å². The maximum atomic E-state index is 5.53. The average Bonchev–Trinajstić information content (AvgIpc) is 2.64. The van der Waals surface area contributed by atoms with E-state index in [1.54, 1.807) is 0 Å². The zero-order valence-electron chi connectivity index (χ0n) is 8.83. The highest BCUT2D eigenvalue weighted by Gasteiger charge is 1.98. The molecule has 78 valence electrons. The number of aromatic nitrogens is 2. The Labute approximate surface area is 89.3 Å². The van der Waals surface area contributed by atoms with Crippen LogP contribution in [0.15, 0.2) is 30.3 Å². The van der Waals surface area contributed by atoms with Gasteiger partial charge < -0.3 is 5.73 Å². The number of hydrogen-bond acceptors (Lipinski definition) is 2. The molecule has 0 unspecified atom stereocenters. The lowest BCUT2D eigenvalue weighted by molar-refractivity contribution is 0.893. The van der Waals surface area contributed by atoms with Crippen molar-refractivity contribution in [1.29, 1.82) is 0 Å². The molecule has 3 nitrogen and oxygen atoms in total. The minimum absolute atomic E-state index is 0.564. The summed E-state index contributed by atoms with van der Waals surface area (Å²) in [5.74, 6) is 0.564. The summed E-state index contributed by atoms with van der Waals surface area (Å²) in [5, 5.41) is 6.81. The van der Waals surface area contributed by atoms with Gasteiger partial charge in [0.05, 0.1) is 0 Å². The second-order valence-electron chi connectivity index (χ2n) is 3.80. The van der Waals surface area contributed by atoms with Crippen molar-refractivity contribution in [3.05, 3.63) is 47.2 Å². The van der Waals surface area contributed by atoms with Crippen LogP contribution in [-0.4, -0.2) is 10.2 Å². The molecule has 0 saturated carbocycles. The van der Waals surface area contributed by atoms with Crippen molar-refractivity contribution in [2.24, 2.45) is 0 Å². The van der Waals surface area contributed by atoms with Crippen LogP contribution in [0.5, 0.6) is 0 Å². The molecular formula is C12H15N3. The Morgan fingerprint density at radius 1 is 1.20 bits per heavy atom. The number of rotatable bonds is 3. The van der Waals surface area contributed by atoms with Crippen molar-refractivity contribution < 1.29 is 0 Å². The van der Waals surface area contributed by atoms with Crippen molar-refractivity contribution in [3.63, 3.8) is 0 Å². The first-order valence-corrected chi connectivity index (χ1v) is 5.09. The molecular weight excluding hydrogens is 186 g/mol. The Morgan fingerprint density at radius 3 is 2.53 bits per heavy atom. The first-order chi connectivity index (χ1) is 7.24. The standard InChI is InChI=1S/C12H15N3/c1-9-2-4-10(5-3-9)6-7-11-8-12(13)15-14-11/h2-5,8H,6-7H2,1H3,(H3,13,14,15). The Balaban J connectivity index is 1.96. The van der Waals surface area contributed by atoms with E-state index in [9.17, 15) is 0 Å². The van der Waals surface area contributed by atoms with Gasteiger partial charge >= 0.3 is 0 Å². The van der Waals surface area contributed by atoms with E-state index in [-0.39, 0.29) is 0 Å². The van der Waals surface area contributed by atoms with Crippen molar-refractivity contribution in [3.8, 4) is 0 Å². The van der Waals surface area contributed by atoms with Gasteiger partial charge in [0, 0.05) is 11.8 Å². The molecule has 0 aliphatic heterocycles. The topological polar surface area (TPSA) is 54.7 Å². The van der Waals surface area contributed by atoms with Crippen LogP contribution in [0.25, 0.3) is 0 Å². The van der Waals surface area contributed by atoms with Crippen LogP contribution in [-0.2, 0) is 12.8 Å². The summed E-state index contributed by atoms with van der Waals surface area (Å²) in [6.45, 7) is 2.10. The molecule has 0 aliphatic carbocycles. The lowest BCUT2D eigenvalue weighted by Crippen LogP contribution is -1.91. The molecule has 15 heavy (non-hydrogen) atoms. The number of anilines is 1. The largest absolute Gasteiger partial charge is 0.382 e. The third-order valence-corrected chi connectivity index (χ3v) is 2.45. The SMILES string of the molecule is Cc1ccc(CCc2cc(N)n[nH]2)cc1. The fourth-order valence-electron chi connectivity index (χ4n) is 1.54. The summed E-state index contributed by atoms with van der Waals surface area (Å²) in [6, 6.07) is 10.5. The van der Waals surface area contributed by atoms with Gasteiger partial charge in [-0.1, -0.05) is 29.8 Å². The number of H-pyrrole nitrogens is 1. The quantitative estimate of drug-likeness (QED) is 0.798. The number of nitrogens with one attached hydrogen (secondary N) is 1. The summed E-state index contributed by atoms with van der Waals surface area (Å²) in [5.41, 5.74) is 9.25. The van der Waals surface area contributed by atoms with E-state index in [4.69, 9.17) is 5.73 Å². The molecule has 0 saturated heterocycles. The van der Waals surface area contributed by atoms with E-state index < -0.39 is 0 Å². The zero-order valence-corrected chi connectivity index (χ0v) is 8.83. The van der Waals surface area contributed by atoms with E-state index in [0.717, 1.165) is 18.5 Å². The third kappa shape index (κ3) is 2.59. The van der Waals surface area contributed by atoms with Gasteiger partial charge in [-0.25, -0.2) is 0 Å². The van der Waals surface area contributed by atoms with Crippen LogP contribution in [0, 0.1) is 6.92 Å². The van der Waals surface area contributed by atoms with Crippen LogP contribution in [0.3, 0.4) is 0 Å². The van der Waals surface area contributed by atoms with E-state index in [2.05, 4.69) is 41.4 Å². The second-order valence-corrected chi connectivity index (χ2v) is 3.80.